The van der Waals surface area contributed by atoms with E-state index in [0.29, 0.717) is 17.9 Å². The van der Waals surface area contributed by atoms with Gasteiger partial charge in [0.1, 0.15) is 11.4 Å². The van der Waals surface area contributed by atoms with Crippen LogP contribution in [0.2, 0.25) is 0 Å². The number of carboxylic acids is 1. The van der Waals surface area contributed by atoms with Gasteiger partial charge in [0, 0.05) is 23.5 Å². The summed E-state index contributed by atoms with van der Waals surface area (Å²) >= 11 is 1.49. The first-order valence-corrected chi connectivity index (χ1v) is 7.22. The van der Waals surface area contributed by atoms with Crippen molar-refractivity contribution in [2.24, 2.45) is 5.73 Å². The summed E-state index contributed by atoms with van der Waals surface area (Å²) in [6.45, 7) is 0.420. The first-order chi connectivity index (χ1) is 9.59. The van der Waals surface area contributed by atoms with Gasteiger partial charge in [-0.3, -0.25) is 9.69 Å². The monoisotopic (exact) mass is 327 g/mol. The number of thioether (sulfide) groups is 1. The number of aromatic nitrogens is 1. The molecule has 0 aliphatic carbocycles. The number of fused-ring (bicyclic) bond motifs is 1. The number of pyridine rings is 1. The highest BCUT2D eigenvalue weighted by Crippen LogP contribution is 2.39. The molecule has 0 radical (unpaired) electrons. The number of halogens is 1. The van der Waals surface area contributed by atoms with Gasteiger partial charge >= 0.3 is 0 Å². The summed E-state index contributed by atoms with van der Waals surface area (Å²) in [6.07, 6.45) is 3.70. The number of carbonyl (C=O) groups is 2. The lowest BCUT2D eigenvalue weighted by molar-refractivity contribution is -0.689. The third-order valence-electron chi connectivity index (χ3n) is 3.43. The van der Waals surface area contributed by atoms with Gasteiger partial charge in [0.05, 0.1) is 11.7 Å². The van der Waals surface area contributed by atoms with Crippen molar-refractivity contribution in [2.45, 2.75) is 18.0 Å². The predicted molar refractivity (Wildman–Crippen MR) is 77.0 cm³/mol. The number of hydrogen-bond donors (Lipinski definition) is 1. The van der Waals surface area contributed by atoms with E-state index in [0.717, 1.165) is 0 Å². The lowest BCUT2D eigenvalue weighted by atomic mass is 10.0. The molecule has 2 unspecified atom stereocenters. The second kappa shape index (κ2) is 6.05. The molecular weight excluding hydrogens is 314 g/mol. The predicted octanol–water partition coefficient (Wildman–Crippen LogP) is -1.36. The van der Waals surface area contributed by atoms with Crippen LogP contribution in [0.5, 0.6) is 0 Å². The molecule has 1 fully saturated rings. The zero-order chi connectivity index (χ0) is 14.3. The summed E-state index contributed by atoms with van der Waals surface area (Å²) in [7, 11) is 0. The molecule has 0 bridgehead atoms. The number of β-lactam (4-membered cyclic amide) rings is 1. The van der Waals surface area contributed by atoms with Crippen molar-refractivity contribution in [2.75, 3.05) is 5.75 Å². The van der Waals surface area contributed by atoms with Gasteiger partial charge in [0.2, 0.25) is 5.91 Å². The molecule has 1 saturated heterocycles. The second-order valence-corrected chi connectivity index (χ2v) is 5.83. The highest BCUT2D eigenvalue weighted by atomic mass is 35.5. The number of nitrogens with zero attached hydrogens (tertiary/aromatic N) is 2. The topological polar surface area (TPSA) is 90.3 Å². The maximum atomic E-state index is 11.8. The molecule has 0 saturated carbocycles. The molecule has 0 aromatic carbocycles. The Hall–Kier alpha value is -1.57. The largest absolute Gasteiger partial charge is 0.543 e. The second-order valence-electron chi connectivity index (χ2n) is 4.72. The van der Waals surface area contributed by atoms with Crippen LogP contribution < -0.4 is 15.4 Å². The van der Waals surface area contributed by atoms with Gasteiger partial charge in [-0.1, -0.05) is 6.07 Å². The van der Waals surface area contributed by atoms with Crippen LogP contribution >= 0.6 is 24.2 Å². The summed E-state index contributed by atoms with van der Waals surface area (Å²) in [5.41, 5.74) is 6.34. The van der Waals surface area contributed by atoms with Gasteiger partial charge in [-0.05, 0) is 0 Å². The van der Waals surface area contributed by atoms with Crippen molar-refractivity contribution < 1.29 is 19.3 Å². The van der Waals surface area contributed by atoms with E-state index in [4.69, 9.17) is 5.73 Å². The Morgan fingerprint density at radius 2 is 2.10 bits per heavy atom. The summed E-state index contributed by atoms with van der Waals surface area (Å²) in [6, 6.07) is 5.00. The number of rotatable bonds is 3. The van der Waals surface area contributed by atoms with Crippen LogP contribution in [0.25, 0.3) is 0 Å². The highest BCUT2D eigenvalue weighted by molar-refractivity contribution is 8.00. The first kappa shape index (κ1) is 15.8. The van der Waals surface area contributed by atoms with Crippen molar-refractivity contribution in [1.82, 2.24) is 4.90 Å². The van der Waals surface area contributed by atoms with E-state index in [1.54, 1.807) is 0 Å². The normalized spacial score (nSPS) is 24.0. The molecule has 1 amide bonds. The molecule has 2 aliphatic heterocycles. The number of hydrogen-bond acceptors (Lipinski definition) is 5. The van der Waals surface area contributed by atoms with E-state index >= 15 is 0 Å². The lowest BCUT2D eigenvalue weighted by Crippen LogP contribution is -2.69. The van der Waals surface area contributed by atoms with Crippen molar-refractivity contribution >= 4 is 36.0 Å². The van der Waals surface area contributed by atoms with E-state index in [9.17, 15) is 14.7 Å². The average molecular weight is 328 g/mol. The van der Waals surface area contributed by atoms with E-state index in [1.807, 2.05) is 35.2 Å². The average Bonchev–Trinajstić information content (AvgIpc) is 2.46. The third kappa shape index (κ3) is 2.64. The fourth-order valence-corrected chi connectivity index (χ4v) is 3.73. The first-order valence-electron chi connectivity index (χ1n) is 6.17. The standard InChI is InChI=1S/C13H13N3O3S.ClH/c14-9-11(17)16-10(13(18)19)8(7-20-12(9)16)6-15-4-2-1-3-5-15;/h1-5,9,12H,6-7,14H2;1H. The molecule has 1 aromatic rings. The molecule has 1 aromatic heterocycles. The van der Waals surface area contributed by atoms with Crippen LogP contribution in [0.15, 0.2) is 41.9 Å². The SMILES string of the molecule is Cl.NC1C(=O)N2C(C(=O)[O-])=C(C[n+]3ccccc3)CSC12. The Bertz CT molecular complexity index is 608. The maximum absolute atomic E-state index is 11.8. The van der Waals surface area contributed by atoms with Crippen molar-refractivity contribution in [1.29, 1.82) is 0 Å². The van der Waals surface area contributed by atoms with Gasteiger partial charge < -0.3 is 15.6 Å². The third-order valence-corrected chi connectivity index (χ3v) is 4.79. The Morgan fingerprint density at radius 1 is 1.43 bits per heavy atom. The molecule has 3 heterocycles. The van der Waals surface area contributed by atoms with Crippen LogP contribution in [-0.2, 0) is 16.1 Å². The number of amides is 1. The molecule has 8 heteroatoms. The van der Waals surface area contributed by atoms with Crippen LogP contribution in [0.1, 0.15) is 0 Å². The zero-order valence-electron chi connectivity index (χ0n) is 11.0. The molecule has 2 aliphatic rings. The van der Waals surface area contributed by atoms with Crippen molar-refractivity contribution in [3.63, 3.8) is 0 Å². The zero-order valence-corrected chi connectivity index (χ0v) is 12.6. The fourth-order valence-electron chi connectivity index (χ4n) is 2.45. The van der Waals surface area contributed by atoms with Crippen molar-refractivity contribution in [3.8, 4) is 0 Å². The summed E-state index contributed by atoms with van der Waals surface area (Å²) in [5, 5.41) is 11.1. The summed E-state index contributed by atoms with van der Waals surface area (Å²) in [4.78, 5) is 24.4. The van der Waals surface area contributed by atoms with E-state index < -0.39 is 12.0 Å². The number of nitrogens with two attached hydrogens (primary N) is 1. The number of carbonyl (C=O) groups excluding carboxylic acids is 2. The van der Waals surface area contributed by atoms with Crippen molar-refractivity contribution in [3.05, 3.63) is 41.9 Å². The Balaban J connectivity index is 0.00000161. The lowest BCUT2D eigenvalue weighted by Gasteiger charge is -2.49. The smallest absolute Gasteiger partial charge is 0.248 e. The molecule has 0 spiro atoms. The molecule has 2 N–H and O–H groups in total. The molecule has 2 atom stereocenters. The fraction of sp³-hybridized carbons (Fsp3) is 0.308. The van der Waals surface area contributed by atoms with Gasteiger partial charge in [-0.25, -0.2) is 4.57 Å². The summed E-state index contributed by atoms with van der Waals surface area (Å²) < 4.78 is 1.86. The molecule has 6 nitrogen and oxygen atoms in total. The van der Waals surface area contributed by atoms with E-state index in [1.165, 1.54) is 16.7 Å². The van der Waals surface area contributed by atoms with Crippen LogP contribution in [0.3, 0.4) is 0 Å². The van der Waals surface area contributed by atoms with E-state index in [2.05, 4.69) is 0 Å². The van der Waals surface area contributed by atoms with E-state index in [-0.39, 0.29) is 29.4 Å². The van der Waals surface area contributed by atoms with Crippen LogP contribution in [0, 0.1) is 0 Å². The van der Waals surface area contributed by atoms with Gasteiger partial charge in [0.25, 0.3) is 0 Å². The highest BCUT2D eigenvalue weighted by Gasteiger charge is 2.50. The number of aliphatic carboxylic acids is 1. The van der Waals surface area contributed by atoms with Gasteiger partial charge in [-0.2, -0.15) is 0 Å². The van der Waals surface area contributed by atoms with Gasteiger partial charge in [0.15, 0.2) is 18.9 Å². The Kier molecular flexibility index (Phi) is 4.55. The minimum atomic E-state index is -1.32. The minimum Gasteiger partial charge on any atom is -0.543 e. The Morgan fingerprint density at radius 3 is 2.71 bits per heavy atom. The molecular formula is C13H14ClN3O3S. The summed E-state index contributed by atoms with van der Waals surface area (Å²) in [5.74, 6) is -1.13. The molecule has 21 heavy (non-hydrogen) atoms. The maximum Gasteiger partial charge on any atom is 0.248 e. The quantitative estimate of drug-likeness (QED) is 0.547. The molecule has 112 valence electrons. The van der Waals surface area contributed by atoms with Crippen LogP contribution in [-0.4, -0.2) is 33.9 Å². The number of carboxylic acid groups (broad SMARTS) is 1. The van der Waals surface area contributed by atoms with Crippen LogP contribution in [0.4, 0.5) is 0 Å². The minimum absolute atomic E-state index is 0. The van der Waals surface area contributed by atoms with Gasteiger partial charge in [-0.15, -0.1) is 24.2 Å². The Labute approximate surface area is 132 Å². The molecule has 3 rings (SSSR count).